The van der Waals surface area contributed by atoms with Crippen molar-refractivity contribution in [2.45, 2.75) is 51.7 Å². The fourth-order valence-corrected chi connectivity index (χ4v) is 7.17. The molecule has 7 nitrogen and oxygen atoms in total. The predicted molar refractivity (Wildman–Crippen MR) is 167 cm³/mol. The molecule has 0 saturated carbocycles. The number of para-hydroxylation sites is 1. The Labute approximate surface area is 260 Å². The number of nitrogens with zero attached hydrogens (tertiary/aromatic N) is 1. The number of benzene rings is 2. The van der Waals surface area contributed by atoms with E-state index in [4.69, 9.17) is 4.74 Å². The molecule has 3 N–H and O–H groups in total. The summed E-state index contributed by atoms with van der Waals surface area (Å²) < 4.78 is 20.1. The van der Waals surface area contributed by atoms with E-state index < -0.39 is 42.0 Å². The number of amides is 2. The standard InChI is InChI=1S/C35H38FNO6S/c1-2-7-22(16-23-12-13-30(39)29(36)17-23)11-14-31(40)32-24(21-43-25-8-4-3-5-9-25)18-27-33(28(32)20-38)35(42)37(34(27)41)19-26-10-6-15-44-26/h3-6,8-10,12-13,15-17,27-28,31,33,38-40H,2,7,11,14,18-21H2,1H3/b22-16+/t27-,28+,31-,33-/m1/s1. The molecule has 0 spiro atoms. The summed E-state index contributed by atoms with van der Waals surface area (Å²) in [6.45, 7) is 1.96. The molecular formula is C35H38FNO6S. The number of rotatable bonds is 13. The Morgan fingerprint density at radius 2 is 1.91 bits per heavy atom. The number of hydrogen-bond acceptors (Lipinski definition) is 7. The number of likely N-dealkylation sites (tertiary alicyclic amines) is 1. The number of thiophene rings is 1. The van der Waals surface area contributed by atoms with E-state index in [1.54, 1.807) is 6.07 Å². The molecule has 1 saturated heterocycles. The van der Waals surface area contributed by atoms with Gasteiger partial charge in [0, 0.05) is 10.8 Å². The normalized spacial score (nSPS) is 21.1. The molecule has 0 bridgehead atoms. The Morgan fingerprint density at radius 3 is 2.59 bits per heavy atom. The Kier molecular flexibility index (Phi) is 10.3. The molecule has 3 aromatic rings. The number of carbonyl (C=O) groups is 2. The third-order valence-corrected chi connectivity index (χ3v) is 9.40. The number of carbonyl (C=O) groups excluding carboxylic acids is 2. The number of allylic oxidation sites excluding steroid dienone is 1. The zero-order valence-corrected chi connectivity index (χ0v) is 25.5. The zero-order chi connectivity index (χ0) is 31.2. The highest BCUT2D eigenvalue weighted by Crippen LogP contribution is 2.47. The molecule has 232 valence electrons. The summed E-state index contributed by atoms with van der Waals surface area (Å²) in [4.78, 5) is 29.5. The van der Waals surface area contributed by atoms with Crippen LogP contribution in [0, 0.1) is 23.6 Å². The molecule has 2 heterocycles. The minimum atomic E-state index is -0.992. The quantitative estimate of drug-likeness (QED) is 0.158. The van der Waals surface area contributed by atoms with E-state index in [0.717, 1.165) is 28.9 Å². The lowest BCUT2D eigenvalue weighted by Gasteiger charge is -2.36. The van der Waals surface area contributed by atoms with Crippen LogP contribution in [0.15, 0.2) is 82.8 Å². The first-order valence-corrected chi connectivity index (χ1v) is 15.9. The Balaban J connectivity index is 1.42. The third-order valence-electron chi connectivity index (χ3n) is 8.53. The van der Waals surface area contributed by atoms with Gasteiger partial charge in [0.05, 0.1) is 31.1 Å². The van der Waals surface area contributed by atoms with Gasteiger partial charge < -0.3 is 20.1 Å². The van der Waals surface area contributed by atoms with Crippen molar-refractivity contribution in [2.75, 3.05) is 13.2 Å². The van der Waals surface area contributed by atoms with Gasteiger partial charge in [0.2, 0.25) is 11.8 Å². The molecule has 0 radical (unpaired) electrons. The van der Waals surface area contributed by atoms with Crippen molar-refractivity contribution < 1.29 is 34.0 Å². The number of ether oxygens (including phenoxy) is 1. The van der Waals surface area contributed by atoms with Crippen LogP contribution in [0.25, 0.3) is 6.08 Å². The molecule has 5 rings (SSSR count). The smallest absolute Gasteiger partial charge is 0.234 e. The first kappa shape index (κ1) is 31.6. The molecule has 1 aliphatic carbocycles. The van der Waals surface area contributed by atoms with E-state index in [9.17, 15) is 29.3 Å². The Bertz CT molecular complexity index is 1520. The summed E-state index contributed by atoms with van der Waals surface area (Å²) in [5, 5.41) is 33.8. The van der Waals surface area contributed by atoms with Crippen LogP contribution in [0.2, 0.25) is 0 Å². The van der Waals surface area contributed by atoms with E-state index in [1.165, 1.54) is 28.4 Å². The Morgan fingerprint density at radius 1 is 1.11 bits per heavy atom. The molecule has 2 aromatic carbocycles. The van der Waals surface area contributed by atoms with Crippen LogP contribution in [-0.2, 0) is 16.1 Å². The second-order valence-electron chi connectivity index (χ2n) is 11.4. The van der Waals surface area contributed by atoms with Crippen molar-refractivity contribution >= 4 is 29.2 Å². The third kappa shape index (κ3) is 6.96. The number of aromatic hydroxyl groups is 1. The number of phenolic OH excluding ortho intramolecular Hbond substituents is 1. The Hall–Kier alpha value is -3.79. The molecule has 1 aromatic heterocycles. The van der Waals surface area contributed by atoms with E-state index in [1.807, 2.05) is 60.8 Å². The molecule has 9 heteroatoms. The number of fused-ring (bicyclic) bond motifs is 1. The van der Waals surface area contributed by atoms with Gasteiger partial charge in [-0.25, -0.2) is 4.39 Å². The molecule has 4 atom stereocenters. The summed E-state index contributed by atoms with van der Waals surface area (Å²) in [7, 11) is 0. The van der Waals surface area contributed by atoms with Crippen molar-refractivity contribution in [3.63, 3.8) is 0 Å². The first-order chi connectivity index (χ1) is 21.3. The van der Waals surface area contributed by atoms with Gasteiger partial charge in [0.1, 0.15) is 12.4 Å². The highest BCUT2D eigenvalue weighted by molar-refractivity contribution is 7.09. The summed E-state index contributed by atoms with van der Waals surface area (Å²) in [5.74, 6) is -3.17. The van der Waals surface area contributed by atoms with Gasteiger partial charge in [0.15, 0.2) is 11.6 Å². The van der Waals surface area contributed by atoms with Crippen molar-refractivity contribution in [3.8, 4) is 11.5 Å². The van der Waals surface area contributed by atoms with Gasteiger partial charge in [-0.2, -0.15) is 0 Å². The van der Waals surface area contributed by atoms with Gasteiger partial charge in [-0.05, 0) is 78.1 Å². The maximum atomic E-state index is 14.0. The predicted octanol–water partition coefficient (Wildman–Crippen LogP) is 6.11. The number of hydrogen-bond donors (Lipinski definition) is 3. The summed E-state index contributed by atoms with van der Waals surface area (Å²) in [6, 6.07) is 17.2. The van der Waals surface area contributed by atoms with Crippen LogP contribution in [0.3, 0.4) is 0 Å². The minimum Gasteiger partial charge on any atom is -0.505 e. The lowest BCUT2D eigenvalue weighted by molar-refractivity contribution is -0.140. The molecule has 1 fully saturated rings. The van der Waals surface area contributed by atoms with Crippen LogP contribution >= 0.6 is 11.3 Å². The van der Waals surface area contributed by atoms with E-state index in [0.29, 0.717) is 29.7 Å². The highest BCUT2D eigenvalue weighted by Gasteiger charge is 2.54. The van der Waals surface area contributed by atoms with E-state index in [-0.39, 0.29) is 31.4 Å². The SMILES string of the molecule is CCC/C(=C\c1ccc(O)c(F)c1)CC[C@@H](O)C1=C(COc2ccccc2)C[C@H]2C(=O)N(Cc3cccs3)C(=O)[C@H]2[C@H]1CO. The first-order valence-electron chi connectivity index (χ1n) is 15.0. The van der Waals surface area contributed by atoms with Gasteiger partial charge in [0.25, 0.3) is 0 Å². The summed E-state index contributed by atoms with van der Waals surface area (Å²) >= 11 is 1.48. The molecular weight excluding hydrogens is 581 g/mol. The van der Waals surface area contributed by atoms with E-state index in [2.05, 4.69) is 0 Å². The second kappa shape index (κ2) is 14.3. The topological polar surface area (TPSA) is 107 Å². The van der Waals surface area contributed by atoms with Gasteiger partial charge in [-0.15, -0.1) is 11.3 Å². The average Bonchev–Trinajstić information content (AvgIpc) is 3.63. The molecule has 2 aliphatic rings. The number of aliphatic hydroxyl groups excluding tert-OH is 2. The molecule has 44 heavy (non-hydrogen) atoms. The van der Waals surface area contributed by atoms with Crippen LogP contribution in [0.1, 0.15) is 49.5 Å². The lowest BCUT2D eigenvalue weighted by Crippen LogP contribution is -2.40. The summed E-state index contributed by atoms with van der Waals surface area (Å²) in [5.41, 5.74) is 2.91. The number of halogens is 1. The molecule has 2 amide bonds. The summed E-state index contributed by atoms with van der Waals surface area (Å²) in [6.07, 6.45) is 3.53. The van der Waals surface area contributed by atoms with Crippen molar-refractivity contribution in [3.05, 3.63) is 99.0 Å². The number of phenols is 1. The fraction of sp³-hybridized carbons (Fsp3) is 0.371. The minimum absolute atomic E-state index is 0.118. The van der Waals surface area contributed by atoms with Crippen molar-refractivity contribution in [2.24, 2.45) is 17.8 Å². The molecule has 0 unspecified atom stereocenters. The van der Waals surface area contributed by atoms with E-state index >= 15 is 0 Å². The number of aliphatic hydroxyl groups is 2. The molecule has 1 aliphatic heterocycles. The highest BCUT2D eigenvalue weighted by atomic mass is 32.1. The van der Waals surface area contributed by atoms with Crippen LogP contribution in [0.4, 0.5) is 4.39 Å². The van der Waals surface area contributed by atoms with Gasteiger partial charge >= 0.3 is 0 Å². The van der Waals surface area contributed by atoms with Gasteiger partial charge in [-0.1, -0.05) is 55.3 Å². The van der Waals surface area contributed by atoms with Crippen LogP contribution in [-0.4, -0.2) is 51.4 Å². The fourth-order valence-electron chi connectivity index (χ4n) is 6.48. The zero-order valence-electron chi connectivity index (χ0n) is 24.7. The van der Waals surface area contributed by atoms with Crippen molar-refractivity contribution in [1.29, 1.82) is 0 Å². The largest absolute Gasteiger partial charge is 0.505 e. The monoisotopic (exact) mass is 619 g/mol. The maximum absolute atomic E-state index is 14.0. The second-order valence-corrected chi connectivity index (χ2v) is 12.5. The van der Waals surface area contributed by atoms with Gasteiger partial charge in [-0.3, -0.25) is 14.5 Å². The van der Waals surface area contributed by atoms with Crippen molar-refractivity contribution in [1.82, 2.24) is 4.90 Å². The maximum Gasteiger partial charge on any atom is 0.234 e. The van der Waals surface area contributed by atoms with Crippen LogP contribution < -0.4 is 4.74 Å². The average molecular weight is 620 g/mol. The number of imide groups is 1. The van der Waals surface area contributed by atoms with Crippen LogP contribution in [0.5, 0.6) is 11.5 Å². The lowest BCUT2D eigenvalue weighted by atomic mass is 9.68.